The van der Waals surface area contributed by atoms with E-state index in [-0.39, 0.29) is 6.04 Å². The molecule has 3 aromatic rings. The molecule has 0 radical (unpaired) electrons. The van der Waals surface area contributed by atoms with Crippen LogP contribution in [0.25, 0.3) is 0 Å². The first-order chi connectivity index (χ1) is 12.3. The van der Waals surface area contributed by atoms with E-state index in [4.69, 9.17) is 15.2 Å². The Morgan fingerprint density at radius 3 is 1.88 bits per heavy atom. The molecule has 0 spiro atoms. The van der Waals surface area contributed by atoms with Crippen molar-refractivity contribution in [3.63, 3.8) is 0 Å². The lowest BCUT2D eigenvalue weighted by Gasteiger charge is -2.16. The maximum absolute atomic E-state index is 6.27. The lowest BCUT2D eigenvalue weighted by Crippen LogP contribution is -2.09. The first-order valence-corrected chi connectivity index (χ1v) is 8.61. The molecule has 25 heavy (non-hydrogen) atoms. The highest BCUT2D eigenvalue weighted by Crippen LogP contribution is 2.37. The second kappa shape index (κ2) is 8.36. The predicted octanol–water partition coefficient (Wildman–Crippen LogP) is 6.07. The summed E-state index contributed by atoms with van der Waals surface area (Å²) in [7, 11) is 0. The smallest absolute Gasteiger partial charge is 0.170 e. The number of hydrogen-bond acceptors (Lipinski definition) is 3. The Hall–Kier alpha value is -2.78. The molecule has 0 heterocycles. The Bertz CT molecular complexity index is 788. The minimum atomic E-state index is -0.00565. The fourth-order valence-electron chi connectivity index (χ4n) is 2.63. The minimum absolute atomic E-state index is 0.00565. The van der Waals surface area contributed by atoms with Gasteiger partial charge in [-0.15, -0.1) is 0 Å². The number of rotatable bonds is 7. The number of nitrogens with two attached hydrogens (primary N) is 1. The Labute approximate surface area is 149 Å². The van der Waals surface area contributed by atoms with Gasteiger partial charge in [-0.2, -0.15) is 0 Å². The molecule has 3 heteroatoms. The molecule has 0 saturated heterocycles. The Balaban J connectivity index is 1.92. The third-order valence-corrected chi connectivity index (χ3v) is 3.94. The van der Waals surface area contributed by atoms with Crippen molar-refractivity contribution in [2.45, 2.75) is 25.8 Å². The largest absolute Gasteiger partial charge is 0.453 e. The molecule has 3 aromatic carbocycles. The summed E-state index contributed by atoms with van der Waals surface area (Å²) >= 11 is 0. The average Bonchev–Trinajstić information content (AvgIpc) is 2.65. The fraction of sp³-hybridized carbons (Fsp3) is 0.182. The molecule has 2 N–H and O–H groups in total. The molecular formula is C22H23NO2. The third-order valence-electron chi connectivity index (χ3n) is 3.94. The summed E-state index contributed by atoms with van der Waals surface area (Å²) in [6, 6.07) is 25.3. The van der Waals surface area contributed by atoms with Gasteiger partial charge in [0.05, 0.1) is 0 Å². The summed E-state index contributed by atoms with van der Waals surface area (Å²) in [5.41, 5.74) is 7.32. The van der Waals surface area contributed by atoms with Crippen LogP contribution in [-0.2, 0) is 0 Å². The molecule has 3 rings (SSSR count). The number of benzene rings is 3. The van der Waals surface area contributed by atoms with Crippen molar-refractivity contribution in [3.8, 4) is 23.0 Å². The summed E-state index contributed by atoms with van der Waals surface area (Å²) in [6.07, 6.45) is 1.97. The van der Waals surface area contributed by atoms with Gasteiger partial charge in [0, 0.05) is 6.04 Å². The van der Waals surface area contributed by atoms with E-state index in [9.17, 15) is 0 Å². The monoisotopic (exact) mass is 333 g/mol. The van der Waals surface area contributed by atoms with Gasteiger partial charge < -0.3 is 15.2 Å². The molecular weight excluding hydrogens is 310 g/mol. The Morgan fingerprint density at radius 1 is 0.760 bits per heavy atom. The van der Waals surface area contributed by atoms with Gasteiger partial charge in [0.25, 0.3) is 0 Å². The van der Waals surface area contributed by atoms with Crippen LogP contribution >= 0.6 is 0 Å². The van der Waals surface area contributed by atoms with Gasteiger partial charge in [-0.3, -0.25) is 0 Å². The van der Waals surface area contributed by atoms with Gasteiger partial charge in [0.1, 0.15) is 11.5 Å². The van der Waals surface area contributed by atoms with E-state index >= 15 is 0 Å². The molecule has 0 aliphatic heterocycles. The van der Waals surface area contributed by atoms with Crippen LogP contribution in [0.2, 0.25) is 0 Å². The van der Waals surface area contributed by atoms with Crippen molar-refractivity contribution in [1.82, 2.24) is 0 Å². The summed E-state index contributed by atoms with van der Waals surface area (Å²) in [4.78, 5) is 0. The normalized spacial score (nSPS) is 11.8. The maximum atomic E-state index is 6.27. The second-order valence-corrected chi connectivity index (χ2v) is 5.93. The van der Waals surface area contributed by atoms with E-state index in [1.54, 1.807) is 0 Å². The van der Waals surface area contributed by atoms with Gasteiger partial charge in [0.15, 0.2) is 11.5 Å². The van der Waals surface area contributed by atoms with E-state index in [2.05, 4.69) is 6.92 Å². The number of ether oxygens (including phenoxy) is 2. The van der Waals surface area contributed by atoms with Gasteiger partial charge in [-0.05, 0) is 48.4 Å². The van der Waals surface area contributed by atoms with Gasteiger partial charge >= 0.3 is 0 Å². The van der Waals surface area contributed by atoms with Crippen LogP contribution in [0.3, 0.4) is 0 Å². The van der Waals surface area contributed by atoms with Crippen molar-refractivity contribution in [3.05, 3.63) is 84.4 Å². The van der Waals surface area contributed by atoms with E-state index in [0.29, 0.717) is 11.5 Å². The molecule has 0 amide bonds. The van der Waals surface area contributed by atoms with Gasteiger partial charge in [0.2, 0.25) is 0 Å². The summed E-state index contributed by atoms with van der Waals surface area (Å²) in [6.45, 7) is 2.13. The first-order valence-electron chi connectivity index (χ1n) is 8.61. The molecule has 0 fully saturated rings. The molecule has 1 atom stereocenters. The lowest BCUT2D eigenvalue weighted by molar-refractivity contribution is 0.417. The van der Waals surface area contributed by atoms with Crippen LogP contribution in [0, 0.1) is 0 Å². The highest BCUT2D eigenvalue weighted by molar-refractivity contribution is 5.48. The molecule has 3 nitrogen and oxygen atoms in total. The van der Waals surface area contributed by atoms with Crippen LogP contribution in [0.15, 0.2) is 78.9 Å². The zero-order valence-electron chi connectivity index (χ0n) is 14.4. The van der Waals surface area contributed by atoms with Crippen LogP contribution in [-0.4, -0.2) is 0 Å². The quantitative estimate of drug-likeness (QED) is 0.570. The van der Waals surface area contributed by atoms with Crippen molar-refractivity contribution in [2.24, 2.45) is 5.73 Å². The molecule has 0 unspecified atom stereocenters. The second-order valence-electron chi connectivity index (χ2n) is 5.93. The first kappa shape index (κ1) is 17.1. The predicted molar refractivity (Wildman–Crippen MR) is 101 cm³/mol. The summed E-state index contributed by atoms with van der Waals surface area (Å²) in [5.74, 6) is 2.87. The Morgan fingerprint density at radius 2 is 1.32 bits per heavy atom. The molecule has 0 aliphatic carbocycles. The zero-order valence-corrected chi connectivity index (χ0v) is 14.4. The maximum Gasteiger partial charge on any atom is 0.170 e. The summed E-state index contributed by atoms with van der Waals surface area (Å²) < 4.78 is 12.1. The fourth-order valence-corrected chi connectivity index (χ4v) is 2.63. The van der Waals surface area contributed by atoms with E-state index in [1.807, 2.05) is 78.9 Å². The molecule has 128 valence electrons. The van der Waals surface area contributed by atoms with Crippen LogP contribution in [0.4, 0.5) is 0 Å². The molecule has 0 bridgehead atoms. The highest BCUT2D eigenvalue weighted by Gasteiger charge is 2.13. The van der Waals surface area contributed by atoms with Gasteiger partial charge in [-0.1, -0.05) is 55.8 Å². The highest BCUT2D eigenvalue weighted by atomic mass is 16.5. The zero-order chi connectivity index (χ0) is 17.5. The van der Waals surface area contributed by atoms with Crippen molar-refractivity contribution >= 4 is 0 Å². The summed E-state index contributed by atoms with van der Waals surface area (Å²) in [5, 5.41) is 0. The molecule has 0 saturated carbocycles. The lowest BCUT2D eigenvalue weighted by atomic mass is 10.0. The number of hydrogen-bond donors (Lipinski definition) is 1. The number of para-hydroxylation sites is 2. The minimum Gasteiger partial charge on any atom is -0.453 e. The van der Waals surface area contributed by atoms with Crippen LogP contribution < -0.4 is 15.2 Å². The van der Waals surface area contributed by atoms with Crippen molar-refractivity contribution < 1.29 is 9.47 Å². The Kier molecular flexibility index (Phi) is 5.70. The van der Waals surface area contributed by atoms with Gasteiger partial charge in [-0.25, -0.2) is 0 Å². The van der Waals surface area contributed by atoms with Crippen molar-refractivity contribution in [2.75, 3.05) is 0 Å². The molecule has 0 aromatic heterocycles. The average molecular weight is 333 g/mol. The van der Waals surface area contributed by atoms with Crippen LogP contribution in [0.1, 0.15) is 31.4 Å². The van der Waals surface area contributed by atoms with Crippen LogP contribution in [0.5, 0.6) is 23.0 Å². The van der Waals surface area contributed by atoms with E-state index in [1.165, 1.54) is 0 Å². The topological polar surface area (TPSA) is 44.5 Å². The molecule has 0 aliphatic rings. The third kappa shape index (κ3) is 4.61. The van der Waals surface area contributed by atoms with E-state index in [0.717, 1.165) is 29.9 Å². The standard InChI is InChI=1S/C22H23NO2/c1-2-9-20(23)17-14-15-21(24-18-10-5-3-6-11-18)22(16-17)25-19-12-7-4-8-13-19/h3-8,10-16,20H,2,9,23H2,1H3/t20-/m1/s1. The van der Waals surface area contributed by atoms with E-state index < -0.39 is 0 Å². The SMILES string of the molecule is CCC[C@@H](N)c1ccc(Oc2ccccc2)c(Oc2ccccc2)c1. The van der Waals surface area contributed by atoms with Crippen molar-refractivity contribution in [1.29, 1.82) is 0 Å².